The first-order valence-corrected chi connectivity index (χ1v) is 6.06. The summed E-state index contributed by atoms with van der Waals surface area (Å²) in [6.07, 6.45) is 2.69. The van der Waals surface area contributed by atoms with Gasteiger partial charge in [-0.25, -0.2) is 4.79 Å². The van der Waals surface area contributed by atoms with Crippen LogP contribution in [-0.4, -0.2) is 12.5 Å². The van der Waals surface area contributed by atoms with Crippen LogP contribution in [0.25, 0.3) is 0 Å². The van der Waals surface area contributed by atoms with Gasteiger partial charge in [-0.05, 0) is 18.4 Å². The van der Waals surface area contributed by atoms with E-state index in [1.165, 1.54) is 0 Å². The molecule has 2 aliphatic heterocycles. The molecule has 0 spiro atoms. The van der Waals surface area contributed by atoms with E-state index in [0.717, 1.165) is 36.2 Å². The summed E-state index contributed by atoms with van der Waals surface area (Å²) in [5.41, 5.74) is 3.01. The van der Waals surface area contributed by atoms with Crippen molar-refractivity contribution in [2.75, 3.05) is 6.54 Å². The number of ether oxygens (including phenoxy) is 1. The molecule has 0 saturated carbocycles. The standard InChI is InChI=1S/C14H15NO2/c16-14-11(12-7-4-8-15-12)9-13(17-14)10-5-2-1-3-6-10/h1-3,5-6,13,15H,4,7-9H2/b12-11-. The Morgan fingerprint density at radius 1 is 1.24 bits per heavy atom. The zero-order valence-corrected chi connectivity index (χ0v) is 9.61. The topological polar surface area (TPSA) is 38.3 Å². The summed E-state index contributed by atoms with van der Waals surface area (Å²) in [4.78, 5) is 11.8. The summed E-state index contributed by atoms with van der Waals surface area (Å²) in [5.74, 6) is -0.150. The molecule has 17 heavy (non-hydrogen) atoms. The van der Waals surface area contributed by atoms with E-state index in [1.54, 1.807) is 0 Å². The molecule has 1 aromatic rings. The molecule has 1 aromatic carbocycles. The molecular formula is C14H15NO2. The summed E-state index contributed by atoms with van der Waals surface area (Å²) < 4.78 is 5.44. The quantitative estimate of drug-likeness (QED) is 0.593. The number of cyclic esters (lactones) is 1. The zero-order valence-electron chi connectivity index (χ0n) is 9.61. The van der Waals surface area contributed by atoms with Crippen LogP contribution in [-0.2, 0) is 9.53 Å². The van der Waals surface area contributed by atoms with Crippen molar-refractivity contribution in [3.63, 3.8) is 0 Å². The Balaban J connectivity index is 1.85. The van der Waals surface area contributed by atoms with E-state index in [0.29, 0.717) is 6.42 Å². The average Bonchev–Trinajstić information content (AvgIpc) is 2.99. The van der Waals surface area contributed by atoms with E-state index in [-0.39, 0.29) is 12.1 Å². The zero-order chi connectivity index (χ0) is 11.7. The van der Waals surface area contributed by atoms with Gasteiger partial charge in [0.1, 0.15) is 6.10 Å². The van der Waals surface area contributed by atoms with Crippen molar-refractivity contribution < 1.29 is 9.53 Å². The lowest BCUT2D eigenvalue weighted by Crippen LogP contribution is -2.09. The lowest BCUT2D eigenvalue weighted by Gasteiger charge is -2.07. The first kappa shape index (κ1) is 10.4. The van der Waals surface area contributed by atoms with Crippen LogP contribution in [0.15, 0.2) is 41.6 Å². The predicted molar refractivity (Wildman–Crippen MR) is 64.2 cm³/mol. The van der Waals surface area contributed by atoms with Gasteiger partial charge < -0.3 is 10.1 Å². The van der Waals surface area contributed by atoms with Gasteiger partial charge in [0.25, 0.3) is 0 Å². The molecule has 88 valence electrons. The highest BCUT2D eigenvalue weighted by Gasteiger charge is 2.33. The summed E-state index contributed by atoms with van der Waals surface area (Å²) >= 11 is 0. The number of esters is 1. The van der Waals surface area contributed by atoms with Crippen molar-refractivity contribution in [1.82, 2.24) is 5.32 Å². The van der Waals surface area contributed by atoms with E-state index < -0.39 is 0 Å². The van der Waals surface area contributed by atoms with Crippen molar-refractivity contribution in [2.45, 2.75) is 25.4 Å². The highest BCUT2D eigenvalue weighted by atomic mass is 16.5. The molecule has 0 radical (unpaired) electrons. The Hall–Kier alpha value is -1.77. The van der Waals surface area contributed by atoms with Crippen molar-refractivity contribution in [3.8, 4) is 0 Å². The SMILES string of the molecule is O=C1OC(c2ccccc2)C/C1=C1\CCCN1. The summed E-state index contributed by atoms with van der Waals surface area (Å²) in [6, 6.07) is 9.93. The first-order chi connectivity index (χ1) is 8.34. The minimum Gasteiger partial charge on any atom is -0.454 e. The van der Waals surface area contributed by atoms with Gasteiger partial charge in [0.2, 0.25) is 0 Å². The van der Waals surface area contributed by atoms with Crippen LogP contribution < -0.4 is 5.32 Å². The van der Waals surface area contributed by atoms with E-state index in [1.807, 2.05) is 30.3 Å². The van der Waals surface area contributed by atoms with Gasteiger partial charge in [-0.15, -0.1) is 0 Å². The maximum absolute atomic E-state index is 11.8. The van der Waals surface area contributed by atoms with E-state index >= 15 is 0 Å². The molecule has 1 atom stereocenters. The molecule has 0 aliphatic carbocycles. The van der Waals surface area contributed by atoms with E-state index in [9.17, 15) is 4.79 Å². The minimum absolute atomic E-state index is 0.103. The fraction of sp³-hybridized carbons (Fsp3) is 0.357. The molecule has 1 N–H and O–H groups in total. The molecule has 0 amide bonds. The van der Waals surface area contributed by atoms with Gasteiger partial charge in [0.05, 0.1) is 5.57 Å². The predicted octanol–water partition coefficient (Wildman–Crippen LogP) is 2.31. The minimum atomic E-state index is -0.150. The summed E-state index contributed by atoms with van der Waals surface area (Å²) in [5, 5.41) is 3.28. The number of allylic oxidation sites excluding steroid dienone is 1. The third-order valence-corrected chi connectivity index (χ3v) is 3.36. The normalized spacial score (nSPS) is 28.0. The van der Waals surface area contributed by atoms with Crippen molar-refractivity contribution >= 4 is 5.97 Å². The van der Waals surface area contributed by atoms with Gasteiger partial charge in [0, 0.05) is 18.7 Å². The molecular weight excluding hydrogens is 214 g/mol. The Labute approximate surface area is 100 Å². The molecule has 3 heteroatoms. The average molecular weight is 229 g/mol. The number of benzene rings is 1. The lowest BCUT2D eigenvalue weighted by molar-refractivity contribution is -0.139. The highest BCUT2D eigenvalue weighted by molar-refractivity contribution is 5.91. The monoisotopic (exact) mass is 229 g/mol. The van der Waals surface area contributed by atoms with Crippen molar-refractivity contribution in [2.24, 2.45) is 0 Å². The van der Waals surface area contributed by atoms with Gasteiger partial charge in [-0.1, -0.05) is 30.3 Å². The maximum Gasteiger partial charge on any atom is 0.336 e. The molecule has 2 aliphatic rings. The fourth-order valence-corrected chi connectivity index (χ4v) is 2.46. The summed E-state index contributed by atoms with van der Waals surface area (Å²) in [7, 11) is 0. The Morgan fingerprint density at radius 2 is 2.06 bits per heavy atom. The van der Waals surface area contributed by atoms with Crippen LogP contribution in [0.2, 0.25) is 0 Å². The number of carbonyl (C=O) groups excluding carboxylic acids is 1. The third kappa shape index (κ3) is 1.93. The van der Waals surface area contributed by atoms with Gasteiger partial charge >= 0.3 is 5.97 Å². The van der Waals surface area contributed by atoms with E-state index in [4.69, 9.17) is 4.74 Å². The first-order valence-electron chi connectivity index (χ1n) is 6.06. The van der Waals surface area contributed by atoms with Crippen LogP contribution in [0, 0.1) is 0 Å². The Bertz CT molecular complexity index is 456. The molecule has 2 fully saturated rings. The molecule has 3 nitrogen and oxygen atoms in total. The number of hydrogen-bond donors (Lipinski definition) is 1. The van der Waals surface area contributed by atoms with E-state index in [2.05, 4.69) is 5.32 Å². The van der Waals surface area contributed by atoms with Crippen LogP contribution in [0.4, 0.5) is 0 Å². The third-order valence-electron chi connectivity index (χ3n) is 3.36. The number of carbonyl (C=O) groups is 1. The second-order valence-electron chi connectivity index (χ2n) is 4.50. The number of nitrogens with one attached hydrogen (secondary N) is 1. The van der Waals surface area contributed by atoms with Crippen LogP contribution in [0.3, 0.4) is 0 Å². The fourth-order valence-electron chi connectivity index (χ4n) is 2.46. The van der Waals surface area contributed by atoms with Gasteiger partial charge in [-0.2, -0.15) is 0 Å². The molecule has 1 unspecified atom stereocenters. The molecule has 2 saturated heterocycles. The van der Waals surface area contributed by atoms with Crippen LogP contribution in [0.5, 0.6) is 0 Å². The van der Waals surface area contributed by atoms with Gasteiger partial charge in [0.15, 0.2) is 0 Å². The van der Waals surface area contributed by atoms with Gasteiger partial charge in [-0.3, -0.25) is 0 Å². The van der Waals surface area contributed by atoms with Crippen molar-refractivity contribution in [1.29, 1.82) is 0 Å². The second kappa shape index (κ2) is 4.24. The maximum atomic E-state index is 11.8. The number of rotatable bonds is 1. The Kier molecular flexibility index (Phi) is 2.59. The largest absolute Gasteiger partial charge is 0.454 e. The Morgan fingerprint density at radius 3 is 2.76 bits per heavy atom. The summed E-state index contributed by atoms with van der Waals surface area (Å²) in [6.45, 7) is 0.974. The molecule has 3 rings (SSSR count). The van der Waals surface area contributed by atoms with Crippen LogP contribution >= 0.6 is 0 Å². The second-order valence-corrected chi connectivity index (χ2v) is 4.50. The van der Waals surface area contributed by atoms with Crippen molar-refractivity contribution in [3.05, 3.63) is 47.2 Å². The van der Waals surface area contributed by atoms with Crippen LogP contribution in [0.1, 0.15) is 30.9 Å². The number of hydrogen-bond acceptors (Lipinski definition) is 3. The molecule has 2 heterocycles. The lowest BCUT2D eigenvalue weighted by atomic mass is 10.0. The molecule has 0 bridgehead atoms. The molecule has 0 aromatic heterocycles. The highest BCUT2D eigenvalue weighted by Crippen LogP contribution is 2.35. The smallest absolute Gasteiger partial charge is 0.336 e.